The Kier molecular flexibility index (Phi) is 7.33. The van der Waals surface area contributed by atoms with Gasteiger partial charge in [0.1, 0.15) is 0 Å². The maximum atomic E-state index is 12.8. The van der Waals surface area contributed by atoms with Crippen molar-refractivity contribution in [1.82, 2.24) is 15.2 Å². The van der Waals surface area contributed by atoms with Crippen LogP contribution in [0.1, 0.15) is 38.8 Å². The summed E-state index contributed by atoms with van der Waals surface area (Å²) in [7, 11) is 0. The Bertz CT molecular complexity index is 898. The maximum Gasteiger partial charge on any atom is 0.239 e. The van der Waals surface area contributed by atoms with Gasteiger partial charge in [-0.1, -0.05) is 32.0 Å². The number of nitrogens with zero attached hydrogens (tertiary/aromatic N) is 1. The SMILES string of the molecule is CC(C)C[C@@H](NC(=O)C1CCN(C(=O)[C@@H](N)Cc2cc3ccccc3[nH]2)CC1)C(=O)[O-]. The molecule has 2 heterocycles. The van der Waals surface area contributed by atoms with E-state index < -0.39 is 18.1 Å². The number of para-hydroxylation sites is 1. The number of nitrogens with two attached hydrogens (primary N) is 1. The molecular formula is C23H31N4O4-. The molecule has 2 atom stereocenters. The lowest BCUT2D eigenvalue weighted by Gasteiger charge is -2.33. The highest BCUT2D eigenvalue weighted by Crippen LogP contribution is 2.20. The Labute approximate surface area is 182 Å². The first-order chi connectivity index (χ1) is 14.7. The number of aromatic nitrogens is 1. The van der Waals surface area contributed by atoms with Crippen molar-refractivity contribution >= 4 is 28.7 Å². The Balaban J connectivity index is 1.50. The fraction of sp³-hybridized carbons (Fsp3) is 0.522. The van der Waals surface area contributed by atoms with Gasteiger partial charge >= 0.3 is 0 Å². The summed E-state index contributed by atoms with van der Waals surface area (Å²) in [6, 6.07) is 8.25. The van der Waals surface area contributed by atoms with Crippen LogP contribution in [-0.2, 0) is 20.8 Å². The molecule has 0 radical (unpaired) electrons. The van der Waals surface area contributed by atoms with Crippen LogP contribution in [0.3, 0.4) is 0 Å². The molecule has 2 amide bonds. The molecule has 0 spiro atoms. The minimum Gasteiger partial charge on any atom is -0.548 e. The average Bonchev–Trinajstić information content (AvgIpc) is 3.14. The predicted molar refractivity (Wildman–Crippen MR) is 116 cm³/mol. The lowest BCUT2D eigenvalue weighted by molar-refractivity contribution is -0.308. The zero-order valence-electron chi connectivity index (χ0n) is 18.1. The molecule has 168 valence electrons. The van der Waals surface area contributed by atoms with Crippen LogP contribution in [0.4, 0.5) is 0 Å². The summed E-state index contributed by atoms with van der Waals surface area (Å²) in [5.74, 6) is -1.88. The van der Waals surface area contributed by atoms with Crippen molar-refractivity contribution in [2.45, 2.75) is 51.6 Å². The highest BCUT2D eigenvalue weighted by atomic mass is 16.4. The minimum atomic E-state index is -1.27. The molecule has 2 aromatic rings. The van der Waals surface area contributed by atoms with Gasteiger partial charge in [0, 0.05) is 36.6 Å². The molecule has 1 aliphatic heterocycles. The van der Waals surface area contributed by atoms with E-state index in [1.54, 1.807) is 4.90 Å². The van der Waals surface area contributed by atoms with Gasteiger partial charge in [-0.3, -0.25) is 9.59 Å². The van der Waals surface area contributed by atoms with Gasteiger partial charge in [0.15, 0.2) is 0 Å². The Morgan fingerprint density at radius 1 is 1.23 bits per heavy atom. The molecule has 0 saturated carbocycles. The number of rotatable bonds is 8. The number of carbonyl (C=O) groups is 3. The van der Waals surface area contributed by atoms with E-state index in [9.17, 15) is 19.5 Å². The van der Waals surface area contributed by atoms with Crippen LogP contribution in [0.5, 0.6) is 0 Å². The van der Waals surface area contributed by atoms with E-state index in [4.69, 9.17) is 5.73 Å². The number of amides is 2. The molecule has 8 nitrogen and oxygen atoms in total. The summed E-state index contributed by atoms with van der Waals surface area (Å²) in [6.45, 7) is 4.64. The second-order valence-electron chi connectivity index (χ2n) is 8.80. The third kappa shape index (κ3) is 5.85. The van der Waals surface area contributed by atoms with Crippen molar-refractivity contribution in [3.63, 3.8) is 0 Å². The topological polar surface area (TPSA) is 131 Å². The number of fused-ring (bicyclic) bond motifs is 1. The summed E-state index contributed by atoms with van der Waals surface area (Å²) >= 11 is 0. The first kappa shape index (κ1) is 22.8. The van der Waals surface area contributed by atoms with Crippen molar-refractivity contribution in [2.24, 2.45) is 17.6 Å². The van der Waals surface area contributed by atoms with Crippen LogP contribution < -0.4 is 16.2 Å². The van der Waals surface area contributed by atoms with Crippen LogP contribution >= 0.6 is 0 Å². The van der Waals surface area contributed by atoms with Crippen molar-refractivity contribution in [1.29, 1.82) is 0 Å². The third-order valence-corrected chi connectivity index (χ3v) is 5.83. The van der Waals surface area contributed by atoms with Crippen LogP contribution in [0, 0.1) is 11.8 Å². The Morgan fingerprint density at radius 2 is 1.90 bits per heavy atom. The van der Waals surface area contributed by atoms with E-state index >= 15 is 0 Å². The van der Waals surface area contributed by atoms with E-state index in [-0.39, 0.29) is 23.7 Å². The van der Waals surface area contributed by atoms with Gasteiger partial charge in [-0.2, -0.15) is 0 Å². The lowest BCUT2D eigenvalue weighted by atomic mass is 9.94. The predicted octanol–water partition coefficient (Wildman–Crippen LogP) is 0.557. The largest absolute Gasteiger partial charge is 0.548 e. The third-order valence-electron chi connectivity index (χ3n) is 5.83. The average molecular weight is 428 g/mol. The number of carboxylic acid groups (broad SMARTS) is 1. The molecule has 1 fully saturated rings. The first-order valence-electron chi connectivity index (χ1n) is 10.9. The fourth-order valence-corrected chi connectivity index (χ4v) is 4.14. The van der Waals surface area contributed by atoms with Crippen LogP contribution in [-0.4, -0.2) is 52.8 Å². The van der Waals surface area contributed by atoms with Gasteiger partial charge in [-0.15, -0.1) is 0 Å². The fourth-order valence-electron chi connectivity index (χ4n) is 4.14. The monoisotopic (exact) mass is 427 g/mol. The zero-order chi connectivity index (χ0) is 22.5. The number of likely N-dealkylation sites (tertiary alicyclic amines) is 1. The first-order valence-corrected chi connectivity index (χ1v) is 10.9. The van der Waals surface area contributed by atoms with E-state index in [0.717, 1.165) is 16.6 Å². The summed E-state index contributed by atoms with van der Waals surface area (Å²) in [5, 5.41) is 15.0. The molecule has 0 unspecified atom stereocenters. The van der Waals surface area contributed by atoms with E-state index in [1.165, 1.54) is 0 Å². The summed E-state index contributed by atoms with van der Waals surface area (Å²) < 4.78 is 0. The molecule has 1 saturated heterocycles. The highest BCUT2D eigenvalue weighted by Gasteiger charge is 2.30. The quantitative estimate of drug-likeness (QED) is 0.566. The van der Waals surface area contributed by atoms with E-state index in [1.807, 2.05) is 44.2 Å². The molecule has 0 bridgehead atoms. The lowest BCUT2D eigenvalue weighted by Crippen LogP contribution is -2.53. The Morgan fingerprint density at radius 3 is 2.52 bits per heavy atom. The molecule has 1 aliphatic rings. The van der Waals surface area contributed by atoms with Crippen LogP contribution in [0.25, 0.3) is 10.9 Å². The summed E-state index contributed by atoms with van der Waals surface area (Å²) in [4.78, 5) is 41.5. The molecule has 1 aromatic carbocycles. The number of hydrogen-bond acceptors (Lipinski definition) is 5. The maximum absolute atomic E-state index is 12.8. The van der Waals surface area contributed by atoms with Crippen molar-refractivity contribution in [3.8, 4) is 0 Å². The number of nitrogens with one attached hydrogen (secondary N) is 2. The van der Waals surface area contributed by atoms with E-state index in [2.05, 4.69) is 10.3 Å². The molecule has 31 heavy (non-hydrogen) atoms. The molecular weight excluding hydrogens is 396 g/mol. The second-order valence-corrected chi connectivity index (χ2v) is 8.80. The molecule has 1 aromatic heterocycles. The Hall–Kier alpha value is -2.87. The summed E-state index contributed by atoms with van der Waals surface area (Å²) in [6.07, 6.45) is 1.71. The highest BCUT2D eigenvalue weighted by molar-refractivity contribution is 5.86. The molecule has 8 heteroatoms. The van der Waals surface area contributed by atoms with Crippen molar-refractivity contribution < 1.29 is 19.5 Å². The number of benzene rings is 1. The van der Waals surface area contributed by atoms with Gasteiger partial charge in [-0.25, -0.2) is 0 Å². The van der Waals surface area contributed by atoms with Crippen molar-refractivity contribution in [3.05, 3.63) is 36.0 Å². The van der Waals surface area contributed by atoms with Gasteiger partial charge in [0.2, 0.25) is 11.8 Å². The molecule has 4 N–H and O–H groups in total. The van der Waals surface area contributed by atoms with Crippen LogP contribution in [0.15, 0.2) is 30.3 Å². The van der Waals surface area contributed by atoms with Gasteiger partial charge in [0.25, 0.3) is 0 Å². The van der Waals surface area contributed by atoms with Gasteiger partial charge in [-0.05, 0) is 42.7 Å². The number of aliphatic carboxylic acids is 1. The minimum absolute atomic E-state index is 0.126. The van der Waals surface area contributed by atoms with E-state index in [0.29, 0.717) is 38.8 Å². The molecule has 3 rings (SSSR count). The number of aromatic amines is 1. The smallest absolute Gasteiger partial charge is 0.239 e. The summed E-state index contributed by atoms with van der Waals surface area (Å²) in [5.41, 5.74) is 8.10. The van der Waals surface area contributed by atoms with Crippen LogP contribution in [0.2, 0.25) is 0 Å². The second kappa shape index (κ2) is 9.96. The number of H-pyrrole nitrogens is 1. The number of hydrogen-bond donors (Lipinski definition) is 3. The number of carbonyl (C=O) groups excluding carboxylic acids is 3. The normalized spacial score (nSPS) is 17.0. The standard InChI is InChI=1S/C23H32N4O4/c1-14(2)11-20(23(30)31)26-21(28)15-7-9-27(10-8-15)22(29)18(24)13-17-12-16-5-3-4-6-19(16)25-17/h3-6,12,14-15,18,20,25H,7-11,13,24H2,1-2H3,(H,26,28)(H,30,31)/p-1/t18-,20+/m0/s1. The molecule has 0 aliphatic carbocycles. The van der Waals surface area contributed by atoms with Crippen molar-refractivity contribution in [2.75, 3.05) is 13.1 Å². The zero-order valence-corrected chi connectivity index (χ0v) is 18.1. The van der Waals surface area contributed by atoms with Gasteiger partial charge in [0.05, 0.1) is 18.1 Å². The van der Waals surface area contributed by atoms with Gasteiger partial charge < -0.3 is 30.8 Å². The number of piperidine rings is 1. The number of carboxylic acids is 1.